The molecule has 0 aliphatic rings. The fourth-order valence-corrected chi connectivity index (χ4v) is 9.28. The zero-order chi connectivity index (χ0) is 57.1. The van der Waals surface area contributed by atoms with Crippen molar-refractivity contribution in [2.75, 3.05) is 13.2 Å². The zero-order valence-corrected chi connectivity index (χ0v) is 51.9. The Hall–Kier alpha value is -3.93. The zero-order valence-electron chi connectivity index (χ0n) is 51.9. The summed E-state index contributed by atoms with van der Waals surface area (Å²) in [6.45, 7) is 6.52. The summed E-state index contributed by atoms with van der Waals surface area (Å²) in [5.74, 6) is -0.898. The summed E-state index contributed by atoms with van der Waals surface area (Å²) < 4.78 is 16.9. The number of carbonyl (C=O) groups is 3. The van der Waals surface area contributed by atoms with Crippen LogP contribution in [0.25, 0.3) is 0 Å². The van der Waals surface area contributed by atoms with Crippen molar-refractivity contribution in [3.05, 3.63) is 109 Å². The Labute approximate surface area is 489 Å². The first-order valence-electron chi connectivity index (χ1n) is 33.4. The van der Waals surface area contributed by atoms with Crippen LogP contribution in [-0.4, -0.2) is 37.2 Å². The van der Waals surface area contributed by atoms with Crippen LogP contribution in [0.4, 0.5) is 0 Å². The van der Waals surface area contributed by atoms with Gasteiger partial charge in [-0.15, -0.1) is 0 Å². The van der Waals surface area contributed by atoms with E-state index in [2.05, 4.69) is 130 Å². The van der Waals surface area contributed by atoms with Crippen LogP contribution >= 0.6 is 0 Å². The fourth-order valence-electron chi connectivity index (χ4n) is 9.28. The van der Waals surface area contributed by atoms with Crippen LogP contribution in [0.2, 0.25) is 0 Å². The number of rotatable bonds is 60. The molecule has 79 heavy (non-hydrogen) atoms. The maximum absolute atomic E-state index is 12.9. The van der Waals surface area contributed by atoms with Crippen molar-refractivity contribution in [1.29, 1.82) is 0 Å². The van der Waals surface area contributed by atoms with Gasteiger partial charge in [0.25, 0.3) is 0 Å². The average Bonchev–Trinajstić information content (AvgIpc) is 3.45. The third kappa shape index (κ3) is 64.8. The van der Waals surface area contributed by atoms with Gasteiger partial charge in [-0.2, -0.15) is 0 Å². The maximum atomic E-state index is 12.9. The summed E-state index contributed by atoms with van der Waals surface area (Å²) in [6, 6.07) is 0. The number of unbranched alkanes of at least 4 members (excludes halogenated alkanes) is 31. The van der Waals surface area contributed by atoms with Gasteiger partial charge in [0.1, 0.15) is 13.2 Å². The normalized spacial score (nSPS) is 12.8. The van der Waals surface area contributed by atoms with Gasteiger partial charge in [-0.1, -0.05) is 297 Å². The quantitative estimate of drug-likeness (QED) is 0.0261. The molecule has 0 saturated carbocycles. The first-order chi connectivity index (χ1) is 39.0. The van der Waals surface area contributed by atoms with Crippen LogP contribution in [0.3, 0.4) is 0 Å². The Kier molecular flexibility index (Phi) is 63.3. The summed E-state index contributed by atoms with van der Waals surface area (Å²) in [5.41, 5.74) is 0. The van der Waals surface area contributed by atoms with E-state index in [4.69, 9.17) is 14.2 Å². The number of carbonyl (C=O) groups excluding carboxylic acids is 3. The number of esters is 3. The Morgan fingerprint density at radius 2 is 0.494 bits per heavy atom. The molecular formula is C73H124O6. The second-order valence-electron chi connectivity index (χ2n) is 22.0. The van der Waals surface area contributed by atoms with E-state index in [0.29, 0.717) is 19.3 Å². The molecule has 0 rings (SSSR count). The van der Waals surface area contributed by atoms with E-state index in [9.17, 15) is 14.4 Å². The molecule has 0 aromatic rings. The molecule has 0 amide bonds. The lowest BCUT2D eigenvalue weighted by molar-refractivity contribution is -0.167. The molecule has 0 radical (unpaired) electrons. The largest absolute Gasteiger partial charge is 0.462 e. The molecule has 1 atom stereocenters. The van der Waals surface area contributed by atoms with Crippen LogP contribution in [0.5, 0.6) is 0 Å². The molecule has 452 valence electrons. The molecule has 0 N–H and O–H groups in total. The molecule has 0 heterocycles. The Bertz CT molecular complexity index is 1590. The minimum Gasteiger partial charge on any atom is -0.462 e. The predicted molar refractivity (Wildman–Crippen MR) is 343 cm³/mol. The van der Waals surface area contributed by atoms with Gasteiger partial charge in [-0.3, -0.25) is 14.4 Å². The Balaban J connectivity index is 4.38. The van der Waals surface area contributed by atoms with Crippen molar-refractivity contribution < 1.29 is 28.6 Å². The number of ether oxygens (including phenoxy) is 3. The van der Waals surface area contributed by atoms with Gasteiger partial charge in [0.05, 0.1) is 0 Å². The topological polar surface area (TPSA) is 78.9 Å². The highest BCUT2D eigenvalue weighted by atomic mass is 16.6. The number of hydrogen-bond acceptors (Lipinski definition) is 6. The molecule has 0 aromatic heterocycles. The van der Waals surface area contributed by atoms with E-state index in [1.54, 1.807) is 0 Å². The molecule has 1 unspecified atom stereocenters. The number of allylic oxidation sites excluding steroid dienone is 18. The van der Waals surface area contributed by atoms with Crippen molar-refractivity contribution in [3.8, 4) is 0 Å². The van der Waals surface area contributed by atoms with Gasteiger partial charge < -0.3 is 14.2 Å². The third-order valence-electron chi connectivity index (χ3n) is 14.3. The highest BCUT2D eigenvalue weighted by Gasteiger charge is 2.19. The minimum atomic E-state index is -0.790. The smallest absolute Gasteiger partial charge is 0.306 e. The van der Waals surface area contributed by atoms with Crippen molar-refractivity contribution >= 4 is 17.9 Å². The van der Waals surface area contributed by atoms with Crippen LogP contribution in [-0.2, 0) is 28.6 Å². The Morgan fingerprint density at radius 3 is 0.772 bits per heavy atom. The minimum absolute atomic E-state index is 0.0843. The first kappa shape index (κ1) is 75.1. The molecular weight excluding hydrogens is 973 g/mol. The Morgan fingerprint density at radius 1 is 0.266 bits per heavy atom. The molecule has 0 spiro atoms. The van der Waals surface area contributed by atoms with Crippen LogP contribution < -0.4 is 0 Å². The lowest BCUT2D eigenvalue weighted by Crippen LogP contribution is -2.30. The van der Waals surface area contributed by atoms with Crippen LogP contribution in [0, 0.1) is 0 Å². The monoisotopic (exact) mass is 1100 g/mol. The lowest BCUT2D eigenvalue weighted by atomic mass is 10.0. The van der Waals surface area contributed by atoms with Crippen LogP contribution in [0.1, 0.15) is 316 Å². The average molecular weight is 1100 g/mol. The molecule has 6 heteroatoms. The first-order valence-corrected chi connectivity index (χ1v) is 33.4. The maximum Gasteiger partial charge on any atom is 0.306 e. The van der Waals surface area contributed by atoms with E-state index >= 15 is 0 Å². The lowest BCUT2D eigenvalue weighted by Gasteiger charge is -2.18. The van der Waals surface area contributed by atoms with Crippen molar-refractivity contribution in [3.63, 3.8) is 0 Å². The number of hydrogen-bond donors (Lipinski definition) is 0. The molecule has 6 nitrogen and oxygen atoms in total. The van der Waals surface area contributed by atoms with Crippen molar-refractivity contribution in [2.45, 2.75) is 322 Å². The summed E-state index contributed by atoms with van der Waals surface area (Å²) in [5, 5.41) is 0. The highest BCUT2D eigenvalue weighted by molar-refractivity contribution is 5.71. The summed E-state index contributed by atoms with van der Waals surface area (Å²) in [7, 11) is 0. The van der Waals surface area contributed by atoms with Gasteiger partial charge in [-0.25, -0.2) is 0 Å². The standard InChI is InChI=1S/C73H124O6/c1-4-7-10-13-16-19-22-25-27-29-31-33-34-35-36-37-38-40-41-43-45-48-51-54-57-60-63-66-72(75)78-69-70(68-77-71(74)65-62-59-56-53-50-47-24-21-18-15-12-9-6-3)79-73(76)67-64-61-58-55-52-49-46-44-42-39-32-30-28-26-23-20-17-14-11-8-5-2/h7,10,16,19,23,25-27,30-33,35-36,38,40,43,45,70H,4-6,8-9,11-15,17-18,20-22,24,28-29,34,37,39,41-42,44,46-69H2,1-3H3/b10-7-,19-16-,26-23-,27-25-,32-30-,33-31-,36-35-,40-38-,45-43-. The predicted octanol–water partition coefficient (Wildman–Crippen LogP) is 23.0. The van der Waals surface area contributed by atoms with Gasteiger partial charge in [0.15, 0.2) is 6.10 Å². The second kappa shape index (κ2) is 66.6. The van der Waals surface area contributed by atoms with Crippen molar-refractivity contribution in [1.82, 2.24) is 0 Å². The van der Waals surface area contributed by atoms with Gasteiger partial charge in [0.2, 0.25) is 0 Å². The second-order valence-corrected chi connectivity index (χ2v) is 22.0. The van der Waals surface area contributed by atoms with Gasteiger partial charge >= 0.3 is 17.9 Å². The van der Waals surface area contributed by atoms with Crippen LogP contribution in [0.15, 0.2) is 109 Å². The highest BCUT2D eigenvalue weighted by Crippen LogP contribution is 2.16. The van der Waals surface area contributed by atoms with E-state index in [1.807, 2.05) is 0 Å². The van der Waals surface area contributed by atoms with E-state index < -0.39 is 6.10 Å². The summed E-state index contributed by atoms with van der Waals surface area (Å²) in [6.07, 6.45) is 90.9. The van der Waals surface area contributed by atoms with Gasteiger partial charge in [0, 0.05) is 19.3 Å². The van der Waals surface area contributed by atoms with Gasteiger partial charge in [-0.05, 0) is 109 Å². The van der Waals surface area contributed by atoms with E-state index in [0.717, 1.165) is 128 Å². The summed E-state index contributed by atoms with van der Waals surface area (Å²) >= 11 is 0. The molecule has 0 saturated heterocycles. The van der Waals surface area contributed by atoms with E-state index in [-0.39, 0.29) is 31.1 Å². The molecule has 0 fully saturated rings. The van der Waals surface area contributed by atoms with E-state index in [1.165, 1.54) is 148 Å². The SMILES string of the molecule is CC/C=C\C/C=C\C/C=C\C/C=C\C/C=C\C/C=C\C/C=C\CCCCCCCC(=O)OCC(COC(=O)CCCCCCCCCCCCCCC)OC(=O)CCCCCCCCCCC/C=C\C/C=C\CCCCCCC. The summed E-state index contributed by atoms with van der Waals surface area (Å²) in [4.78, 5) is 38.4. The van der Waals surface area contributed by atoms with Crippen molar-refractivity contribution in [2.24, 2.45) is 0 Å². The molecule has 0 aliphatic heterocycles. The third-order valence-corrected chi connectivity index (χ3v) is 14.3. The molecule has 0 aromatic carbocycles. The fraction of sp³-hybridized carbons (Fsp3) is 0.712. The molecule has 0 aliphatic carbocycles. The molecule has 0 bridgehead atoms.